The second kappa shape index (κ2) is 14.9. The SMILES string of the molecule is COC(=O)CCNCCCN1CCN(CCCNCCC(=O)OC)CC1. The van der Waals surface area contributed by atoms with E-state index in [9.17, 15) is 9.59 Å². The van der Waals surface area contributed by atoms with Crippen LogP contribution in [-0.4, -0.2) is 101 Å². The van der Waals surface area contributed by atoms with Crippen molar-refractivity contribution in [2.24, 2.45) is 0 Å². The van der Waals surface area contributed by atoms with Gasteiger partial charge >= 0.3 is 11.9 Å². The third-order valence-corrected chi connectivity index (χ3v) is 4.59. The molecule has 2 N–H and O–H groups in total. The fraction of sp³-hybridized carbons (Fsp3) is 0.889. The maximum Gasteiger partial charge on any atom is 0.306 e. The van der Waals surface area contributed by atoms with Crippen molar-refractivity contribution in [3.63, 3.8) is 0 Å². The Balaban J connectivity index is 1.90. The van der Waals surface area contributed by atoms with E-state index < -0.39 is 0 Å². The van der Waals surface area contributed by atoms with Gasteiger partial charge in [-0.05, 0) is 39.0 Å². The second-order valence-corrected chi connectivity index (χ2v) is 6.54. The zero-order valence-electron chi connectivity index (χ0n) is 16.4. The molecule has 26 heavy (non-hydrogen) atoms. The Morgan fingerprint density at radius 3 is 1.46 bits per heavy atom. The molecule has 1 fully saturated rings. The van der Waals surface area contributed by atoms with Crippen LogP contribution in [0.25, 0.3) is 0 Å². The summed E-state index contributed by atoms with van der Waals surface area (Å²) < 4.78 is 9.22. The monoisotopic (exact) mass is 372 g/mol. The van der Waals surface area contributed by atoms with Gasteiger partial charge in [0.1, 0.15) is 0 Å². The Morgan fingerprint density at radius 2 is 1.12 bits per heavy atom. The van der Waals surface area contributed by atoms with Crippen molar-refractivity contribution < 1.29 is 19.1 Å². The van der Waals surface area contributed by atoms with E-state index in [4.69, 9.17) is 0 Å². The number of rotatable bonds is 14. The Kier molecular flexibility index (Phi) is 13.1. The molecule has 1 rings (SSSR count). The molecule has 152 valence electrons. The lowest BCUT2D eigenvalue weighted by molar-refractivity contribution is -0.141. The van der Waals surface area contributed by atoms with Gasteiger partial charge < -0.3 is 29.9 Å². The summed E-state index contributed by atoms with van der Waals surface area (Å²) in [5.74, 6) is -0.320. The van der Waals surface area contributed by atoms with Gasteiger partial charge in [-0.1, -0.05) is 0 Å². The highest BCUT2D eigenvalue weighted by molar-refractivity contribution is 5.69. The van der Waals surface area contributed by atoms with Crippen LogP contribution < -0.4 is 10.6 Å². The van der Waals surface area contributed by atoms with E-state index in [1.165, 1.54) is 14.2 Å². The van der Waals surface area contributed by atoms with Crippen molar-refractivity contribution in [1.29, 1.82) is 0 Å². The summed E-state index contributed by atoms with van der Waals surface area (Å²) in [5.41, 5.74) is 0. The van der Waals surface area contributed by atoms with Crippen molar-refractivity contribution >= 4 is 11.9 Å². The molecular formula is C18H36N4O4. The van der Waals surface area contributed by atoms with Gasteiger partial charge in [-0.3, -0.25) is 9.59 Å². The van der Waals surface area contributed by atoms with Gasteiger partial charge in [-0.15, -0.1) is 0 Å². The van der Waals surface area contributed by atoms with Crippen molar-refractivity contribution in [3.05, 3.63) is 0 Å². The van der Waals surface area contributed by atoms with Crippen molar-refractivity contribution in [1.82, 2.24) is 20.4 Å². The largest absolute Gasteiger partial charge is 0.469 e. The summed E-state index contributed by atoms with van der Waals surface area (Å²) in [5, 5.41) is 6.56. The number of piperazine rings is 1. The molecule has 0 aromatic rings. The van der Waals surface area contributed by atoms with Gasteiger partial charge in [0.15, 0.2) is 0 Å². The molecule has 1 saturated heterocycles. The minimum atomic E-state index is -0.160. The molecular weight excluding hydrogens is 336 g/mol. The van der Waals surface area contributed by atoms with Crippen LogP contribution >= 0.6 is 0 Å². The Hall–Kier alpha value is -1.22. The van der Waals surface area contributed by atoms with Crippen LogP contribution in [-0.2, 0) is 19.1 Å². The lowest BCUT2D eigenvalue weighted by atomic mass is 10.2. The van der Waals surface area contributed by atoms with E-state index in [2.05, 4.69) is 29.9 Å². The lowest BCUT2D eigenvalue weighted by Gasteiger charge is -2.34. The first kappa shape index (κ1) is 22.8. The van der Waals surface area contributed by atoms with E-state index in [1.807, 2.05) is 0 Å². The molecule has 0 aliphatic carbocycles. The number of nitrogens with zero attached hydrogens (tertiary/aromatic N) is 2. The molecule has 0 aromatic carbocycles. The molecule has 0 saturated carbocycles. The molecule has 8 nitrogen and oxygen atoms in total. The quantitative estimate of drug-likeness (QED) is 0.317. The smallest absolute Gasteiger partial charge is 0.306 e. The summed E-state index contributed by atoms with van der Waals surface area (Å²) in [7, 11) is 2.84. The summed E-state index contributed by atoms with van der Waals surface area (Å²) in [6.07, 6.45) is 3.08. The zero-order valence-corrected chi connectivity index (χ0v) is 16.4. The number of carbonyl (C=O) groups excluding carboxylic acids is 2. The minimum absolute atomic E-state index is 0.160. The van der Waals surface area contributed by atoms with Gasteiger partial charge in [0, 0.05) is 39.3 Å². The van der Waals surface area contributed by atoms with Crippen LogP contribution in [0.1, 0.15) is 25.7 Å². The molecule has 0 spiro atoms. The number of hydrogen-bond acceptors (Lipinski definition) is 8. The number of nitrogens with one attached hydrogen (secondary N) is 2. The first-order chi connectivity index (χ1) is 12.7. The topological polar surface area (TPSA) is 83.1 Å². The van der Waals surface area contributed by atoms with Crippen molar-refractivity contribution in [2.45, 2.75) is 25.7 Å². The standard InChI is InChI=1S/C18H36N4O4/c1-25-17(23)5-9-19-7-3-11-21-13-15-22(16-14-21)12-4-8-20-10-6-18(24)26-2/h19-20H,3-16H2,1-2H3. The van der Waals surface area contributed by atoms with E-state index >= 15 is 0 Å². The number of esters is 2. The normalized spacial score (nSPS) is 15.8. The molecule has 0 amide bonds. The average Bonchev–Trinajstić information content (AvgIpc) is 2.67. The lowest BCUT2D eigenvalue weighted by Crippen LogP contribution is -2.47. The maximum absolute atomic E-state index is 11.0. The highest BCUT2D eigenvalue weighted by Gasteiger charge is 2.15. The summed E-state index contributed by atoms with van der Waals surface area (Å²) in [6.45, 7) is 9.96. The maximum atomic E-state index is 11.0. The fourth-order valence-electron chi connectivity index (χ4n) is 2.93. The molecule has 1 aliphatic heterocycles. The van der Waals surface area contributed by atoms with Crippen LogP contribution in [0, 0.1) is 0 Å². The highest BCUT2D eigenvalue weighted by Crippen LogP contribution is 2.03. The Labute approximate surface area is 157 Å². The van der Waals surface area contributed by atoms with Crippen molar-refractivity contribution in [2.75, 3.05) is 79.7 Å². The van der Waals surface area contributed by atoms with E-state index in [1.54, 1.807) is 0 Å². The predicted molar refractivity (Wildman–Crippen MR) is 101 cm³/mol. The average molecular weight is 373 g/mol. The van der Waals surface area contributed by atoms with E-state index in [0.29, 0.717) is 25.9 Å². The van der Waals surface area contributed by atoms with Crippen molar-refractivity contribution in [3.8, 4) is 0 Å². The molecule has 8 heteroatoms. The molecule has 0 aromatic heterocycles. The highest BCUT2D eigenvalue weighted by atomic mass is 16.5. The van der Waals surface area contributed by atoms with Crippen LogP contribution in [0.15, 0.2) is 0 Å². The van der Waals surface area contributed by atoms with Crippen LogP contribution in [0.3, 0.4) is 0 Å². The predicted octanol–water partition coefficient (Wildman–Crippen LogP) is -0.310. The second-order valence-electron chi connectivity index (χ2n) is 6.54. The minimum Gasteiger partial charge on any atom is -0.469 e. The molecule has 0 bridgehead atoms. The first-order valence-corrected chi connectivity index (χ1v) is 9.65. The van der Waals surface area contributed by atoms with Crippen LogP contribution in [0.5, 0.6) is 0 Å². The van der Waals surface area contributed by atoms with E-state index in [-0.39, 0.29) is 11.9 Å². The number of ether oxygens (including phenoxy) is 2. The van der Waals surface area contributed by atoms with Gasteiger partial charge in [-0.2, -0.15) is 0 Å². The Morgan fingerprint density at radius 1 is 0.731 bits per heavy atom. The van der Waals surface area contributed by atoms with Crippen LogP contribution in [0.4, 0.5) is 0 Å². The first-order valence-electron chi connectivity index (χ1n) is 9.65. The Bertz CT molecular complexity index is 351. The van der Waals surface area contributed by atoms with E-state index in [0.717, 1.165) is 65.2 Å². The number of methoxy groups -OCH3 is 2. The van der Waals surface area contributed by atoms with Gasteiger partial charge in [0.05, 0.1) is 27.1 Å². The third-order valence-electron chi connectivity index (χ3n) is 4.59. The summed E-state index contributed by atoms with van der Waals surface area (Å²) in [6, 6.07) is 0. The molecule has 1 heterocycles. The fourth-order valence-corrected chi connectivity index (χ4v) is 2.93. The number of hydrogen-bond donors (Lipinski definition) is 2. The van der Waals surface area contributed by atoms with Gasteiger partial charge in [0.2, 0.25) is 0 Å². The number of carbonyl (C=O) groups is 2. The molecule has 0 atom stereocenters. The third kappa shape index (κ3) is 11.4. The summed E-state index contributed by atoms with van der Waals surface area (Å²) >= 11 is 0. The van der Waals surface area contributed by atoms with Gasteiger partial charge in [0.25, 0.3) is 0 Å². The van der Waals surface area contributed by atoms with Gasteiger partial charge in [-0.25, -0.2) is 0 Å². The summed E-state index contributed by atoms with van der Waals surface area (Å²) in [4.78, 5) is 27.0. The van der Waals surface area contributed by atoms with Crippen LogP contribution in [0.2, 0.25) is 0 Å². The molecule has 1 aliphatic rings. The zero-order chi connectivity index (χ0) is 19.0. The molecule has 0 unspecified atom stereocenters. The molecule has 0 radical (unpaired) electrons.